The van der Waals surface area contributed by atoms with Crippen LogP contribution >= 0.6 is 0 Å². The number of carbonyl (C=O) groups is 4. The Morgan fingerprint density at radius 3 is 1.50 bits per heavy atom. The summed E-state index contributed by atoms with van der Waals surface area (Å²) in [5, 5.41) is 31.2. The van der Waals surface area contributed by atoms with Gasteiger partial charge in [0.05, 0.1) is 48.4 Å². The van der Waals surface area contributed by atoms with E-state index in [9.17, 15) is 19.2 Å². The van der Waals surface area contributed by atoms with E-state index in [0.29, 0.717) is 64.8 Å². The van der Waals surface area contributed by atoms with Crippen LogP contribution < -0.4 is 28.4 Å². The van der Waals surface area contributed by atoms with Crippen molar-refractivity contribution in [2.75, 3.05) is 62.8 Å². The largest absolute Gasteiger partial charge is 0.493 e. The molecule has 0 radical (unpaired) electrons. The molecule has 4 N–H and O–H groups in total. The topological polar surface area (TPSA) is 237 Å². The average Bonchev–Trinajstić information content (AvgIpc) is 3.27. The van der Waals surface area contributed by atoms with Gasteiger partial charge in [-0.2, -0.15) is 0 Å². The first-order chi connectivity index (χ1) is 29.7. The Labute approximate surface area is 359 Å². The van der Waals surface area contributed by atoms with E-state index in [-0.39, 0.29) is 0 Å². The van der Waals surface area contributed by atoms with Crippen LogP contribution in [0, 0.1) is 0 Å². The summed E-state index contributed by atoms with van der Waals surface area (Å²) < 4.78 is 33.2. The summed E-state index contributed by atoms with van der Waals surface area (Å²) in [6.07, 6.45) is 10.1. The normalized spacial score (nSPS) is 12.7. The monoisotopic (exact) mass is 860 g/mol. The van der Waals surface area contributed by atoms with Crippen molar-refractivity contribution in [1.82, 2.24) is 19.8 Å². The highest BCUT2D eigenvalue weighted by Crippen LogP contribution is 2.42. The Bertz CT molecular complexity index is 2090. The Hall–Kier alpha value is -7.18. The van der Waals surface area contributed by atoms with Crippen LogP contribution in [-0.2, 0) is 32.3 Å². The number of carboxylic acids is 4. The number of piperidine rings is 1. The van der Waals surface area contributed by atoms with Gasteiger partial charge in [0, 0.05) is 73.2 Å². The summed E-state index contributed by atoms with van der Waals surface area (Å²) in [5.41, 5.74) is 6.13. The third-order valence-electron chi connectivity index (χ3n) is 9.33. The van der Waals surface area contributed by atoms with Gasteiger partial charge in [0.1, 0.15) is 0 Å². The molecule has 0 unspecified atom stereocenters. The minimum Gasteiger partial charge on any atom is -0.493 e. The van der Waals surface area contributed by atoms with E-state index in [0.717, 1.165) is 67.0 Å². The third kappa shape index (κ3) is 15.1. The number of nitrogens with zero attached hydrogens (tertiary/aromatic N) is 4. The molecule has 0 bridgehead atoms. The number of rotatable bonds is 17. The van der Waals surface area contributed by atoms with Gasteiger partial charge >= 0.3 is 23.9 Å². The number of hydrogen-bond donors (Lipinski definition) is 4. The van der Waals surface area contributed by atoms with Gasteiger partial charge in [-0.15, -0.1) is 0 Å². The number of carboxylic acid groups (broad SMARTS) is 4. The number of benzene rings is 2. The number of hydrogen-bond acceptors (Lipinski definition) is 14. The quantitative estimate of drug-likeness (QED) is 0.0975. The fourth-order valence-corrected chi connectivity index (χ4v) is 6.42. The van der Waals surface area contributed by atoms with Gasteiger partial charge in [0.25, 0.3) is 0 Å². The van der Waals surface area contributed by atoms with Gasteiger partial charge in [0.15, 0.2) is 23.0 Å². The molecule has 2 aromatic carbocycles. The predicted molar refractivity (Wildman–Crippen MR) is 227 cm³/mol. The number of aliphatic carboxylic acids is 4. The fraction of sp³-hybridized carbons (Fsp3) is 0.318. The van der Waals surface area contributed by atoms with Gasteiger partial charge in [-0.05, 0) is 92.1 Å². The molecule has 0 saturated carbocycles. The zero-order valence-corrected chi connectivity index (χ0v) is 35.6. The van der Waals surface area contributed by atoms with Gasteiger partial charge in [-0.3, -0.25) is 19.8 Å². The Balaban J connectivity index is 0.000000541. The van der Waals surface area contributed by atoms with Gasteiger partial charge in [-0.25, -0.2) is 19.2 Å². The number of aromatic nitrogens is 2. The zero-order valence-electron chi connectivity index (χ0n) is 35.6. The number of likely N-dealkylation sites (tertiary alicyclic amines) is 1. The van der Waals surface area contributed by atoms with Crippen LogP contribution in [0.4, 0.5) is 0 Å². The van der Waals surface area contributed by atoms with Crippen molar-refractivity contribution in [1.29, 1.82) is 0 Å². The zero-order chi connectivity index (χ0) is 45.8. The highest BCUT2D eigenvalue weighted by molar-refractivity contribution is 5.90. The molecule has 18 heteroatoms. The number of methoxy groups -OCH3 is 6. The van der Waals surface area contributed by atoms with Crippen molar-refractivity contribution in [2.24, 2.45) is 0 Å². The van der Waals surface area contributed by atoms with Crippen LogP contribution in [0.1, 0.15) is 24.0 Å². The molecule has 5 rings (SSSR count). The van der Waals surface area contributed by atoms with Crippen LogP contribution in [0.15, 0.2) is 85.4 Å². The lowest BCUT2D eigenvalue weighted by atomic mass is 10.0. The van der Waals surface area contributed by atoms with Crippen molar-refractivity contribution in [3.63, 3.8) is 0 Å². The second-order valence-corrected chi connectivity index (χ2v) is 13.4. The molecule has 1 saturated heterocycles. The van der Waals surface area contributed by atoms with E-state index in [1.54, 1.807) is 42.7 Å². The van der Waals surface area contributed by atoms with Crippen LogP contribution in [0.5, 0.6) is 34.5 Å². The fourth-order valence-electron chi connectivity index (χ4n) is 6.42. The summed E-state index contributed by atoms with van der Waals surface area (Å²) >= 11 is 0. The number of pyridine rings is 2. The Morgan fingerprint density at radius 1 is 0.629 bits per heavy atom. The molecule has 332 valence electrons. The SMILES string of the molecule is COc1cc(-c2cncc(CN(C)C3CCN(Cc4ccnc(-c5cc(OC)c(OC)c(OC)c5)c4)CC3)c2)cc(OC)c1OC.O=C(O)/C=C/C(=O)O.O=C(O)/C=C/C(=O)O. The van der Waals surface area contributed by atoms with Gasteiger partial charge < -0.3 is 48.8 Å². The maximum Gasteiger partial charge on any atom is 0.328 e. The molecule has 0 amide bonds. The molecule has 3 heterocycles. The molecule has 62 heavy (non-hydrogen) atoms. The molecule has 1 fully saturated rings. The van der Waals surface area contributed by atoms with E-state index < -0.39 is 23.9 Å². The summed E-state index contributed by atoms with van der Waals surface area (Å²) in [4.78, 5) is 52.4. The standard InChI is InChI=1S/C36H44N4O6.2C4H4O4/c1-39(22-25-14-28(21-37-20-25)26-16-31(41-2)35(45-6)32(17-26)42-3)29-9-12-40(13-10-29)23-24-8-11-38-30(15-24)27-18-33(43-4)36(46-7)34(19-27)44-5;2*5-3(6)1-2-4(7)8/h8,11,14-21,29H,9-10,12-13,22-23H2,1-7H3;2*1-2H,(H,5,6)(H,7,8)/b;2*2-1+. The third-order valence-corrected chi connectivity index (χ3v) is 9.33. The number of ether oxygens (including phenoxy) is 6. The molecule has 1 aliphatic heterocycles. The average molecular weight is 861 g/mol. The predicted octanol–water partition coefficient (Wildman–Crippen LogP) is 5.38. The summed E-state index contributed by atoms with van der Waals surface area (Å²) in [6, 6.07) is 14.7. The Kier molecular flexibility index (Phi) is 19.7. The van der Waals surface area contributed by atoms with E-state index in [1.807, 2.05) is 42.9 Å². The highest BCUT2D eigenvalue weighted by atomic mass is 16.5. The van der Waals surface area contributed by atoms with E-state index in [1.165, 1.54) is 5.56 Å². The molecule has 2 aromatic heterocycles. The molecule has 0 atom stereocenters. The van der Waals surface area contributed by atoms with Crippen molar-refractivity contribution in [3.8, 4) is 56.9 Å². The van der Waals surface area contributed by atoms with Gasteiger partial charge in [-0.1, -0.05) is 0 Å². The summed E-state index contributed by atoms with van der Waals surface area (Å²) in [6.45, 7) is 3.75. The molecule has 1 aliphatic rings. The summed E-state index contributed by atoms with van der Waals surface area (Å²) in [7, 11) is 11.9. The minimum absolute atomic E-state index is 0.494. The maximum absolute atomic E-state index is 9.55. The van der Waals surface area contributed by atoms with Crippen molar-refractivity contribution < 1.29 is 68.0 Å². The minimum atomic E-state index is -1.26. The molecular weight excluding hydrogens is 808 g/mol. The maximum atomic E-state index is 9.55. The van der Waals surface area contributed by atoms with Crippen LogP contribution in [-0.4, -0.2) is 133 Å². The molecule has 0 spiro atoms. The molecule has 18 nitrogen and oxygen atoms in total. The second kappa shape index (κ2) is 24.8. The van der Waals surface area contributed by atoms with Crippen LogP contribution in [0.25, 0.3) is 22.4 Å². The van der Waals surface area contributed by atoms with E-state index in [4.69, 9.17) is 48.8 Å². The first-order valence-corrected chi connectivity index (χ1v) is 18.9. The first kappa shape index (κ1) is 49.2. The lowest BCUT2D eigenvalue weighted by Gasteiger charge is -2.37. The highest BCUT2D eigenvalue weighted by Gasteiger charge is 2.23. The van der Waals surface area contributed by atoms with Crippen molar-refractivity contribution in [3.05, 3.63) is 96.5 Å². The lowest BCUT2D eigenvalue weighted by Crippen LogP contribution is -2.42. The first-order valence-electron chi connectivity index (χ1n) is 18.9. The van der Waals surface area contributed by atoms with Crippen LogP contribution in [0.2, 0.25) is 0 Å². The second-order valence-electron chi connectivity index (χ2n) is 13.4. The van der Waals surface area contributed by atoms with Crippen LogP contribution in [0.3, 0.4) is 0 Å². The van der Waals surface area contributed by atoms with Crippen molar-refractivity contribution in [2.45, 2.75) is 32.0 Å². The summed E-state index contributed by atoms with van der Waals surface area (Å²) in [5.74, 6) is -1.42. The van der Waals surface area contributed by atoms with Crippen molar-refractivity contribution >= 4 is 23.9 Å². The van der Waals surface area contributed by atoms with E-state index >= 15 is 0 Å². The molecular formula is C44H52N4O14. The Morgan fingerprint density at radius 2 is 1.08 bits per heavy atom. The smallest absolute Gasteiger partial charge is 0.328 e. The molecule has 4 aromatic rings. The van der Waals surface area contributed by atoms with Gasteiger partial charge in [0.2, 0.25) is 11.5 Å². The van der Waals surface area contributed by atoms with E-state index in [2.05, 4.69) is 45.0 Å². The lowest BCUT2D eigenvalue weighted by molar-refractivity contribution is -0.134. The molecule has 0 aliphatic carbocycles.